The molecule has 0 unspecified atom stereocenters. The lowest BCUT2D eigenvalue weighted by Crippen LogP contribution is -2.29. The molecule has 0 saturated carbocycles. The van der Waals surface area contributed by atoms with Gasteiger partial charge in [0, 0.05) is 12.0 Å². The molecule has 1 fully saturated rings. The number of aliphatic hydroxyl groups is 1. The maximum atomic E-state index is 13.5. The topological polar surface area (TPSA) is 111 Å². The largest absolute Gasteiger partial charge is 0.507 e. The van der Waals surface area contributed by atoms with Crippen LogP contribution in [0.2, 0.25) is 0 Å². The number of aromatic nitrogens is 2. The van der Waals surface area contributed by atoms with Gasteiger partial charge in [-0.25, -0.2) is 0 Å². The van der Waals surface area contributed by atoms with E-state index in [-0.39, 0.29) is 29.2 Å². The predicted molar refractivity (Wildman–Crippen MR) is 143 cm³/mol. The zero-order valence-electron chi connectivity index (χ0n) is 21.3. The molecule has 0 aliphatic carbocycles. The first-order chi connectivity index (χ1) is 18.3. The lowest BCUT2D eigenvalue weighted by atomic mass is 9.94. The molecule has 2 atom stereocenters. The predicted octanol–water partition coefficient (Wildman–Crippen LogP) is 4.76. The summed E-state index contributed by atoms with van der Waals surface area (Å²) in [7, 11) is 0. The van der Waals surface area contributed by atoms with Crippen molar-refractivity contribution in [3.05, 3.63) is 76.3 Å². The first-order valence-electron chi connectivity index (χ1n) is 12.2. The Morgan fingerprint density at radius 3 is 2.74 bits per heavy atom. The van der Waals surface area contributed by atoms with Gasteiger partial charge in [0.2, 0.25) is 5.13 Å². The Kier molecular flexibility index (Phi) is 6.90. The van der Waals surface area contributed by atoms with Gasteiger partial charge in [-0.05, 0) is 62.2 Å². The maximum absolute atomic E-state index is 13.5. The zero-order valence-corrected chi connectivity index (χ0v) is 22.1. The number of anilines is 1. The molecule has 0 bridgehead atoms. The van der Waals surface area contributed by atoms with Crippen molar-refractivity contribution in [1.82, 2.24) is 10.2 Å². The first-order valence-corrected chi connectivity index (χ1v) is 13.1. The monoisotopic (exact) mass is 533 g/mol. The lowest BCUT2D eigenvalue weighted by molar-refractivity contribution is -0.132. The van der Waals surface area contributed by atoms with Gasteiger partial charge in [-0.1, -0.05) is 30.1 Å². The molecule has 3 aromatic rings. The minimum absolute atomic E-state index is 0.0208. The molecule has 2 aromatic carbocycles. The van der Waals surface area contributed by atoms with E-state index in [1.165, 1.54) is 16.2 Å². The van der Waals surface area contributed by atoms with Crippen LogP contribution < -0.4 is 19.1 Å². The van der Waals surface area contributed by atoms with Crippen LogP contribution in [0.4, 0.5) is 5.13 Å². The quantitative estimate of drug-likeness (QED) is 0.191. The van der Waals surface area contributed by atoms with Gasteiger partial charge in [0.05, 0.1) is 18.2 Å². The molecule has 2 aliphatic heterocycles. The second-order valence-electron chi connectivity index (χ2n) is 8.97. The molecule has 1 amide bonds. The number of hydrogen-bond donors (Lipinski definition) is 1. The third-order valence-corrected chi connectivity index (χ3v) is 7.11. The molecule has 38 heavy (non-hydrogen) atoms. The van der Waals surface area contributed by atoms with Crippen molar-refractivity contribution >= 4 is 33.9 Å². The van der Waals surface area contributed by atoms with E-state index in [1.54, 1.807) is 49.4 Å². The molecular formula is C28H27N3O6S. The number of hydrogen-bond acceptors (Lipinski definition) is 9. The minimum Gasteiger partial charge on any atom is -0.507 e. The molecule has 1 saturated heterocycles. The van der Waals surface area contributed by atoms with E-state index < -0.39 is 17.7 Å². The van der Waals surface area contributed by atoms with Gasteiger partial charge in [-0.2, -0.15) is 0 Å². The Balaban J connectivity index is 1.67. The van der Waals surface area contributed by atoms with Crippen LogP contribution in [0.3, 0.4) is 0 Å². The Morgan fingerprint density at radius 1 is 1.21 bits per heavy atom. The number of Topliss-reactive ketones (excluding diaryl/α,β-unsaturated/α-hetero) is 1. The van der Waals surface area contributed by atoms with E-state index >= 15 is 0 Å². The van der Waals surface area contributed by atoms with Crippen LogP contribution in [0, 0.1) is 6.92 Å². The van der Waals surface area contributed by atoms with Gasteiger partial charge in [0.1, 0.15) is 29.2 Å². The summed E-state index contributed by atoms with van der Waals surface area (Å²) < 4.78 is 17.3. The van der Waals surface area contributed by atoms with E-state index in [2.05, 4.69) is 16.8 Å². The van der Waals surface area contributed by atoms with Gasteiger partial charge < -0.3 is 19.3 Å². The number of aryl methyl sites for hydroxylation is 1. The highest BCUT2D eigenvalue weighted by Crippen LogP contribution is 2.45. The molecule has 9 nitrogen and oxygen atoms in total. The normalized spacial score (nSPS) is 19.8. The molecule has 2 aliphatic rings. The number of ether oxygens (including phenoxy) is 3. The second-order valence-corrected chi connectivity index (χ2v) is 10.1. The third kappa shape index (κ3) is 4.51. The molecule has 5 rings (SSSR count). The number of amides is 1. The van der Waals surface area contributed by atoms with Crippen molar-refractivity contribution in [2.45, 2.75) is 39.3 Å². The number of carbonyl (C=O) groups is 2. The van der Waals surface area contributed by atoms with Gasteiger partial charge >= 0.3 is 5.91 Å². The fourth-order valence-electron chi connectivity index (χ4n) is 4.68. The van der Waals surface area contributed by atoms with Gasteiger partial charge in [0.25, 0.3) is 5.78 Å². The van der Waals surface area contributed by atoms with Gasteiger partial charge in [-0.3, -0.25) is 14.5 Å². The third-order valence-electron chi connectivity index (χ3n) is 6.28. The first kappa shape index (κ1) is 25.5. The zero-order chi connectivity index (χ0) is 27.0. The highest BCUT2D eigenvalue weighted by molar-refractivity contribution is 7.15. The van der Waals surface area contributed by atoms with Crippen LogP contribution in [0.5, 0.6) is 17.2 Å². The fourth-order valence-corrected chi connectivity index (χ4v) is 5.40. The summed E-state index contributed by atoms with van der Waals surface area (Å²) in [6, 6.07) is 9.46. The molecule has 1 N–H and O–H groups in total. The number of rotatable bonds is 8. The maximum Gasteiger partial charge on any atom is 0.301 e. The summed E-state index contributed by atoms with van der Waals surface area (Å²) in [5.41, 5.74) is 1.85. The van der Waals surface area contributed by atoms with Crippen LogP contribution in [0.1, 0.15) is 41.6 Å². The van der Waals surface area contributed by atoms with Crippen molar-refractivity contribution < 1.29 is 28.9 Å². The highest BCUT2D eigenvalue weighted by Gasteiger charge is 2.48. The minimum atomic E-state index is -0.960. The summed E-state index contributed by atoms with van der Waals surface area (Å²) in [6.45, 7) is 9.91. The van der Waals surface area contributed by atoms with Crippen LogP contribution >= 0.6 is 11.3 Å². The summed E-state index contributed by atoms with van der Waals surface area (Å²) in [5.74, 6) is -0.205. The molecule has 3 heterocycles. The number of benzene rings is 2. The molecule has 1 aromatic heterocycles. The Hall–Kier alpha value is -4.18. The SMILES string of the molecule is C=CCOc1ccc([C@@H]2C(=C(O)c3ccc4c(c3)C[C@H](C)O4)C(=O)C(=O)N2c2nnc(C)s2)cc1OCC. The Bertz CT molecular complexity index is 1460. The number of carbonyl (C=O) groups excluding carboxylic acids is 2. The number of fused-ring (bicyclic) bond motifs is 1. The smallest absolute Gasteiger partial charge is 0.301 e. The van der Waals surface area contributed by atoms with Crippen molar-refractivity contribution in [3.8, 4) is 17.2 Å². The molecule has 0 radical (unpaired) electrons. The van der Waals surface area contributed by atoms with Crippen molar-refractivity contribution in [2.75, 3.05) is 18.1 Å². The van der Waals surface area contributed by atoms with Crippen LogP contribution in [-0.4, -0.2) is 46.3 Å². The standard InChI is InChI=1S/C28H27N3O6S/c1-5-11-36-21-10-7-17(14-22(21)35-6-2)24-23(26(33)27(34)31(24)28-30-29-16(4)38-28)25(32)18-8-9-20-19(13-18)12-15(3)37-20/h5,7-10,13-15,24,32H,1,6,11-12H2,2-4H3/t15-,24+/m0/s1. The molecule has 10 heteroatoms. The van der Waals surface area contributed by atoms with Crippen molar-refractivity contribution in [2.24, 2.45) is 0 Å². The second kappa shape index (κ2) is 10.3. The lowest BCUT2D eigenvalue weighted by Gasteiger charge is -2.23. The fraction of sp³-hybridized carbons (Fsp3) is 0.286. The number of aliphatic hydroxyl groups excluding tert-OH is 1. The van der Waals surface area contributed by atoms with Crippen LogP contribution in [0.25, 0.3) is 5.76 Å². The average Bonchev–Trinajstić information content (AvgIpc) is 3.57. The summed E-state index contributed by atoms with van der Waals surface area (Å²) in [6.07, 6.45) is 2.33. The van der Waals surface area contributed by atoms with Gasteiger partial charge in [0.15, 0.2) is 11.5 Å². The molecular weight excluding hydrogens is 506 g/mol. The molecule has 196 valence electrons. The van der Waals surface area contributed by atoms with Crippen molar-refractivity contribution in [3.63, 3.8) is 0 Å². The van der Waals surface area contributed by atoms with E-state index in [4.69, 9.17) is 14.2 Å². The summed E-state index contributed by atoms with van der Waals surface area (Å²) in [4.78, 5) is 28.1. The van der Waals surface area contributed by atoms with Crippen LogP contribution in [0.15, 0.2) is 54.6 Å². The average molecular weight is 534 g/mol. The van der Waals surface area contributed by atoms with E-state index in [0.717, 1.165) is 11.3 Å². The number of ketones is 1. The Labute approximate surface area is 224 Å². The van der Waals surface area contributed by atoms with Crippen molar-refractivity contribution in [1.29, 1.82) is 0 Å². The highest BCUT2D eigenvalue weighted by atomic mass is 32.1. The summed E-state index contributed by atoms with van der Waals surface area (Å²) >= 11 is 1.19. The summed E-state index contributed by atoms with van der Waals surface area (Å²) in [5, 5.41) is 20.6. The van der Waals surface area contributed by atoms with E-state index in [1.807, 2.05) is 13.8 Å². The molecule has 0 spiro atoms. The van der Waals surface area contributed by atoms with E-state index in [0.29, 0.717) is 40.7 Å². The van der Waals surface area contributed by atoms with Crippen LogP contribution in [-0.2, 0) is 16.0 Å². The van der Waals surface area contributed by atoms with Gasteiger partial charge in [-0.15, -0.1) is 10.2 Å². The Morgan fingerprint density at radius 2 is 2.03 bits per heavy atom. The number of nitrogens with zero attached hydrogens (tertiary/aromatic N) is 3. The van der Waals surface area contributed by atoms with E-state index in [9.17, 15) is 14.7 Å².